The van der Waals surface area contributed by atoms with Crippen molar-refractivity contribution in [2.24, 2.45) is 0 Å². The fourth-order valence-electron chi connectivity index (χ4n) is 2.49. The minimum absolute atomic E-state index is 0.769. The van der Waals surface area contributed by atoms with Crippen molar-refractivity contribution >= 4 is 27.5 Å². The van der Waals surface area contributed by atoms with E-state index in [1.54, 1.807) is 0 Å². The Morgan fingerprint density at radius 3 is 1.35 bits per heavy atom. The zero-order chi connectivity index (χ0) is 17.6. The average Bonchev–Trinajstić information content (AvgIpc) is 2.55. The van der Waals surface area contributed by atoms with E-state index >= 15 is 0 Å². The normalized spacial score (nSPS) is 10.7. The molecule has 0 atom stereocenters. The third-order valence-corrected chi connectivity index (χ3v) is 4.88. The number of hydrogen-bond donors (Lipinski definition) is 0. The summed E-state index contributed by atoms with van der Waals surface area (Å²) in [4.78, 5) is 2.53. The molecule has 0 heterocycles. The van der Waals surface area contributed by atoms with Gasteiger partial charge in [0.1, 0.15) is 0 Å². The van der Waals surface area contributed by atoms with Crippen LogP contribution in [0.4, 0.5) is 0 Å². The second kappa shape index (κ2) is 25.0. The molecule has 0 aliphatic carbocycles. The van der Waals surface area contributed by atoms with Crippen molar-refractivity contribution in [3.8, 4) is 0 Å². The largest absolute Gasteiger partial charge is 0.306 e. The first-order chi connectivity index (χ1) is 11.2. The molecule has 0 saturated heterocycles. The lowest BCUT2D eigenvalue weighted by Gasteiger charge is -2.16. The Morgan fingerprint density at radius 1 is 0.652 bits per heavy atom. The van der Waals surface area contributed by atoms with E-state index in [1.165, 1.54) is 90.1 Å². The topological polar surface area (TPSA) is 3.24 Å². The lowest BCUT2D eigenvalue weighted by atomic mass is 10.1. The summed E-state index contributed by atoms with van der Waals surface area (Å²) in [5.74, 6) is 0.769. The van der Waals surface area contributed by atoms with Crippen LogP contribution in [0.15, 0.2) is 0 Å². The Hall–Kier alpha value is 0.730. The van der Waals surface area contributed by atoms with Gasteiger partial charge in [-0.15, -0.1) is 11.6 Å². The maximum absolute atomic E-state index is 5.27. The van der Waals surface area contributed by atoms with Gasteiger partial charge in [0.05, 0.1) is 0 Å². The fraction of sp³-hybridized carbons (Fsp3) is 1.00. The van der Waals surface area contributed by atoms with Crippen LogP contribution < -0.4 is 0 Å². The van der Waals surface area contributed by atoms with Crippen LogP contribution in [0.1, 0.15) is 97.3 Å². The Bertz CT molecular complexity index is 172. The summed E-state index contributed by atoms with van der Waals surface area (Å²) in [6.45, 7) is 7.19. The standard InChI is InChI=1S/C17H37N.C3H6BrCl/c1-4-6-8-10-12-14-16-18(3)17-15-13-11-9-7-5-2;4-2-1-3-5/h4-17H2,1-3H3;1-3H2. The number of nitrogens with zero attached hydrogens (tertiary/aromatic N) is 1. The fourth-order valence-corrected chi connectivity index (χ4v) is 3.22. The van der Waals surface area contributed by atoms with Crippen molar-refractivity contribution in [1.82, 2.24) is 4.90 Å². The van der Waals surface area contributed by atoms with E-state index in [0.29, 0.717) is 0 Å². The van der Waals surface area contributed by atoms with Crippen LogP contribution in [0.5, 0.6) is 0 Å². The summed E-state index contributed by atoms with van der Waals surface area (Å²) >= 11 is 8.50. The SMILES string of the molecule is CCCCCCCCN(C)CCCCCCCC.ClCCCBr. The highest BCUT2D eigenvalue weighted by atomic mass is 79.9. The highest BCUT2D eigenvalue weighted by Crippen LogP contribution is 2.07. The molecule has 1 nitrogen and oxygen atoms in total. The van der Waals surface area contributed by atoms with Crippen molar-refractivity contribution < 1.29 is 0 Å². The molecular formula is C20H43BrClN. The molecule has 0 amide bonds. The summed E-state index contributed by atoms with van der Waals surface area (Å²) < 4.78 is 0. The molecule has 0 unspecified atom stereocenters. The highest BCUT2D eigenvalue weighted by Gasteiger charge is 1.98. The third kappa shape index (κ3) is 27.8. The van der Waals surface area contributed by atoms with Gasteiger partial charge in [-0.1, -0.05) is 94.0 Å². The number of unbranched alkanes of at least 4 members (excludes halogenated alkanes) is 10. The summed E-state index contributed by atoms with van der Waals surface area (Å²) in [5.41, 5.74) is 0. The molecule has 0 radical (unpaired) electrons. The van der Waals surface area contributed by atoms with Gasteiger partial charge in [-0.3, -0.25) is 0 Å². The first-order valence-electron chi connectivity index (χ1n) is 10.0. The zero-order valence-corrected chi connectivity index (χ0v) is 18.6. The second-order valence-electron chi connectivity index (χ2n) is 6.57. The van der Waals surface area contributed by atoms with Gasteiger partial charge >= 0.3 is 0 Å². The predicted octanol–water partition coefficient (Wildman–Crippen LogP) is 7.65. The quantitative estimate of drug-likeness (QED) is 0.186. The van der Waals surface area contributed by atoms with Gasteiger partial charge < -0.3 is 4.90 Å². The molecule has 3 heteroatoms. The van der Waals surface area contributed by atoms with Crippen molar-refractivity contribution in [2.45, 2.75) is 97.3 Å². The molecule has 0 saturated carbocycles. The molecule has 0 fully saturated rings. The molecule has 142 valence electrons. The van der Waals surface area contributed by atoms with Gasteiger partial charge in [0, 0.05) is 11.2 Å². The van der Waals surface area contributed by atoms with Crippen molar-refractivity contribution in [2.75, 3.05) is 31.3 Å². The average molecular weight is 413 g/mol. The van der Waals surface area contributed by atoms with Gasteiger partial charge in [-0.2, -0.15) is 0 Å². The molecule has 0 aliphatic rings. The molecule has 0 rings (SSSR count). The van der Waals surface area contributed by atoms with Crippen LogP contribution >= 0.6 is 27.5 Å². The van der Waals surface area contributed by atoms with Crippen LogP contribution in [0.25, 0.3) is 0 Å². The summed E-state index contributed by atoms with van der Waals surface area (Å²) in [6, 6.07) is 0. The second-order valence-corrected chi connectivity index (χ2v) is 7.74. The van der Waals surface area contributed by atoms with Crippen LogP contribution in [0.2, 0.25) is 0 Å². The lowest BCUT2D eigenvalue weighted by molar-refractivity contribution is 0.314. The van der Waals surface area contributed by atoms with E-state index < -0.39 is 0 Å². The van der Waals surface area contributed by atoms with E-state index in [9.17, 15) is 0 Å². The molecule has 0 aliphatic heterocycles. The zero-order valence-electron chi connectivity index (χ0n) is 16.2. The summed E-state index contributed by atoms with van der Waals surface area (Å²) in [5, 5.41) is 1.02. The smallest absolute Gasteiger partial charge is 0.0231 e. The molecule has 23 heavy (non-hydrogen) atoms. The Kier molecular flexibility index (Phi) is 28.2. The molecule has 0 aromatic rings. The van der Waals surface area contributed by atoms with Crippen molar-refractivity contribution in [3.63, 3.8) is 0 Å². The van der Waals surface area contributed by atoms with Gasteiger partial charge in [0.25, 0.3) is 0 Å². The predicted molar refractivity (Wildman–Crippen MR) is 113 cm³/mol. The third-order valence-electron chi connectivity index (χ3n) is 4.05. The van der Waals surface area contributed by atoms with Crippen LogP contribution in [0, 0.1) is 0 Å². The van der Waals surface area contributed by atoms with Gasteiger partial charge in [0.15, 0.2) is 0 Å². The molecule has 0 bridgehead atoms. The highest BCUT2D eigenvalue weighted by molar-refractivity contribution is 9.09. The maximum atomic E-state index is 5.27. The maximum Gasteiger partial charge on any atom is 0.0231 e. The van der Waals surface area contributed by atoms with E-state index in [-0.39, 0.29) is 0 Å². The Labute approximate surface area is 161 Å². The van der Waals surface area contributed by atoms with E-state index in [2.05, 4.69) is 41.7 Å². The van der Waals surface area contributed by atoms with Gasteiger partial charge in [-0.05, 0) is 39.4 Å². The Balaban J connectivity index is 0. The van der Waals surface area contributed by atoms with Crippen LogP contribution in [0.3, 0.4) is 0 Å². The van der Waals surface area contributed by atoms with E-state index in [4.69, 9.17) is 11.6 Å². The molecule has 0 N–H and O–H groups in total. The van der Waals surface area contributed by atoms with E-state index in [0.717, 1.165) is 17.6 Å². The Morgan fingerprint density at radius 2 is 1.04 bits per heavy atom. The van der Waals surface area contributed by atoms with Crippen molar-refractivity contribution in [3.05, 3.63) is 0 Å². The molecule has 0 spiro atoms. The first kappa shape index (κ1) is 26.0. The van der Waals surface area contributed by atoms with Crippen LogP contribution in [-0.4, -0.2) is 36.2 Å². The number of halogens is 2. The van der Waals surface area contributed by atoms with Gasteiger partial charge in [-0.25, -0.2) is 0 Å². The molecule has 0 aromatic carbocycles. The number of rotatable bonds is 16. The monoisotopic (exact) mass is 411 g/mol. The number of alkyl halides is 2. The van der Waals surface area contributed by atoms with Gasteiger partial charge in [0.2, 0.25) is 0 Å². The van der Waals surface area contributed by atoms with E-state index in [1.807, 2.05) is 0 Å². The first-order valence-corrected chi connectivity index (χ1v) is 11.7. The molecular weight excluding hydrogens is 370 g/mol. The lowest BCUT2D eigenvalue weighted by Crippen LogP contribution is -2.20. The summed E-state index contributed by atoms with van der Waals surface area (Å²) in [7, 11) is 2.29. The minimum atomic E-state index is 0.769. The van der Waals surface area contributed by atoms with Crippen molar-refractivity contribution in [1.29, 1.82) is 0 Å². The van der Waals surface area contributed by atoms with Crippen LogP contribution in [-0.2, 0) is 0 Å². The molecule has 0 aromatic heterocycles. The summed E-state index contributed by atoms with van der Waals surface area (Å²) in [6.07, 6.45) is 18.1. The minimum Gasteiger partial charge on any atom is -0.306 e. The number of hydrogen-bond acceptors (Lipinski definition) is 1.